The number of rotatable bonds is 4. The Labute approximate surface area is 90.7 Å². The summed E-state index contributed by atoms with van der Waals surface area (Å²) >= 11 is 0. The molecule has 0 fully saturated rings. The molecule has 0 aliphatic carbocycles. The number of hydrogen-bond acceptors (Lipinski definition) is 3. The van der Waals surface area contributed by atoms with E-state index in [0.29, 0.717) is 6.42 Å². The standard InChI is InChI=1S/C11H19N3O/c1-9-10(11(2,3)4)12-13-14(9)7-5-6-8-15/h8H,5-7H2,1-4H3. The Hall–Kier alpha value is -1.19. The molecule has 1 heterocycles. The minimum Gasteiger partial charge on any atom is -0.303 e. The Balaban J connectivity index is 2.76. The van der Waals surface area contributed by atoms with Crippen molar-refractivity contribution in [3.05, 3.63) is 11.4 Å². The number of unbranched alkanes of at least 4 members (excludes halogenated alkanes) is 1. The summed E-state index contributed by atoms with van der Waals surface area (Å²) in [6.45, 7) is 9.18. The van der Waals surface area contributed by atoms with Gasteiger partial charge in [-0.2, -0.15) is 0 Å². The van der Waals surface area contributed by atoms with Gasteiger partial charge in [-0.1, -0.05) is 26.0 Å². The zero-order valence-corrected chi connectivity index (χ0v) is 9.95. The smallest absolute Gasteiger partial charge is 0.120 e. The lowest BCUT2D eigenvalue weighted by atomic mass is 9.91. The highest BCUT2D eigenvalue weighted by Gasteiger charge is 2.21. The molecule has 0 radical (unpaired) electrons. The summed E-state index contributed by atoms with van der Waals surface area (Å²) in [5.41, 5.74) is 2.18. The van der Waals surface area contributed by atoms with Gasteiger partial charge in [0.1, 0.15) is 6.29 Å². The Morgan fingerprint density at radius 3 is 2.53 bits per heavy atom. The lowest BCUT2D eigenvalue weighted by Crippen LogP contribution is -2.14. The van der Waals surface area contributed by atoms with E-state index >= 15 is 0 Å². The van der Waals surface area contributed by atoms with Gasteiger partial charge in [0.25, 0.3) is 0 Å². The molecule has 1 aromatic heterocycles. The number of aromatic nitrogens is 3. The molecule has 84 valence electrons. The molecular formula is C11H19N3O. The first-order valence-electron chi connectivity index (χ1n) is 5.31. The minimum atomic E-state index is 0.0347. The summed E-state index contributed by atoms with van der Waals surface area (Å²) in [5.74, 6) is 0. The van der Waals surface area contributed by atoms with Crippen molar-refractivity contribution in [1.82, 2.24) is 15.0 Å². The van der Waals surface area contributed by atoms with Gasteiger partial charge >= 0.3 is 0 Å². The van der Waals surface area contributed by atoms with Gasteiger partial charge < -0.3 is 4.79 Å². The van der Waals surface area contributed by atoms with Crippen molar-refractivity contribution in [3.63, 3.8) is 0 Å². The summed E-state index contributed by atoms with van der Waals surface area (Å²) in [6, 6.07) is 0. The Morgan fingerprint density at radius 2 is 2.07 bits per heavy atom. The molecule has 0 N–H and O–H groups in total. The third-order valence-electron chi connectivity index (χ3n) is 2.38. The molecule has 0 saturated heterocycles. The summed E-state index contributed by atoms with van der Waals surface area (Å²) < 4.78 is 1.88. The SMILES string of the molecule is Cc1c(C(C)(C)C)nnn1CCCC=O. The van der Waals surface area contributed by atoms with E-state index in [9.17, 15) is 4.79 Å². The van der Waals surface area contributed by atoms with E-state index in [1.54, 1.807) is 0 Å². The van der Waals surface area contributed by atoms with Gasteiger partial charge in [0.2, 0.25) is 0 Å². The first-order chi connectivity index (χ1) is 6.96. The maximum atomic E-state index is 10.2. The Kier molecular flexibility index (Phi) is 3.61. The van der Waals surface area contributed by atoms with Gasteiger partial charge in [-0.3, -0.25) is 0 Å². The van der Waals surface area contributed by atoms with E-state index in [4.69, 9.17) is 0 Å². The summed E-state index contributed by atoms with van der Waals surface area (Å²) in [6.07, 6.45) is 2.36. The van der Waals surface area contributed by atoms with Gasteiger partial charge in [-0.25, -0.2) is 4.68 Å². The molecule has 15 heavy (non-hydrogen) atoms. The quantitative estimate of drug-likeness (QED) is 0.561. The Bertz CT molecular complexity index is 336. The number of hydrogen-bond donors (Lipinski definition) is 0. The van der Waals surface area contributed by atoms with Crippen LogP contribution in [0.25, 0.3) is 0 Å². The van der Waals surface area contributed by atoms with Crippen molar-refractivity contribution in [2.45, 2.75) is 52.5 Å². The number of carbonyl (C=O) groups is 1. The minimum absolute atomic E-state index is 0.0347. The molecule has 0 unspecified atom stereocenters. The molecule has 1 rings (SSSR count). The third-order valence-corrected chi connectivity index (χ3v) is 2.38. The molecule has 0 bridgehead atoms. The zero-order valence-electron chi connectivity index (χ0n) is 9.95. The van der Waals surface area contributed by atoms with Gasteiger partial charge in [-0.05, 0) is 13.3 Å². The molecule has 0 atom stereocenters. The predicted octanol–water partition coefficient (Wildman–Crippen LogP) is 1.86. The topological polar surface area (TPSA) is 47.8 Å². The first-order valence-corrected chi connectivity index (χ1v) is 5.31. The fourth-order valence-corrected chi connectivity index (χ4v) is 1.59. The van der Waals surface area contributed by atoms with Gasteiger partial charge in [0, 0.05) is 18.4 Å². The van der Waals surface area contributed by atoms with Crippen molar-refractivity contribution in [3.8, 4) is 0 Å². The summed E-state index contributed by atoms with van der Waals surface area (Å²) in [5, 5.41) is 8.30. The molecule has 0 spiro atoms. The van der Waals surface area contributed by atoms with E-state index < -0.39 is 0 Å². The maximum absolute atomic E-state index is 10.2. The molecule has 0 aromatic carbocycles. The normalized spacial score (nSPS) is 11.7. The van der Waals surface area contributed by atoms with E-state index in [0.717, 1.165) is 30.6 Å². The van der Waals surface area contributed by atoms with E-state index in [1.807, 2.05) is 11.6 Å². The zero-order chi connectivity index (χ0) is 11.5. The number of carbonyl (C=O) groups excluding carboxylic acids is 1. The highest BCUT2D eigenvalue weighted by Crippen LogP contribution is 2.22. The van der Waals surface area contributed by atoms with Crippen LogP contribution in [0.2, 0.25) is 0 Å². The van der Waals surface area contributed by atoms with Crippen molar-refractivity contribution in [2.24, 2.45) is 0 Å². The lowest BCUT2D eigenvalue weighted by molar-refractivity contribution is -0.107. The van der Waals surface area contributed by atoms with Crippen molar-refractivity contribution in [2.75, 3.05) is 0 Å². The van der Waals surface area contributed by atoms with Gasteiger partial charge in [-0.15, -0.1) is 5.10 Å². The van der Waals surface area contributed by atoms with Crippen LogP contribution in [0.4, 0.5) is 0 Å². The van der Waals surface area contributed by atoms with E-state index in [1.165, 1.54) is 0 Å². The average Bonchev–Trinajstić information content (AvgIpc) is 2.47. The second kappa shape index (κ2) is 4.55. The fourth-order valence-electron chi connectivity index (χ4n) is 1.59. The van der Waals surface area contributed by atoms with Crippen LogP contribution < -0.4 is 0 Å². The third kappa shape index (κ3) is 2.88. The van der Waals surface area contributed by atoms with Crippen LogP contribution in [0.5, 0.6) is 0 Å². The lowest BCUT2D eigenvalue weighted by Gasteiger charge is -2.15. The Morgan fingerprint density at radius 1 is 1.40 bits per heavy atom. The van der Waals surface area contributed by atoms with Gasteiger partial charge in [0.15, 0.2) is 0 Å². The number of aldehydes is 1. The van der Waals surface area contributed by atoms with Crippen LogP contribution in [0.3, 0.4) is 0 Å². The summed E-state index contributed by atoms with van der Waals surface area (Å²) in [4.78, 5) is 10.2. The second-order valence-corrected chi connectivity index (χ2v) is 4.81. The predicted molar refractivity (Wildman–Crippen MR) is 58.8 cm³/mol. The average molecular weight is 209 g/mol. The highest BCUT2D eigenvalue weighted by molar-refractivity contribution is 5.48. The highest BCUT2D eigenvalue weighted by atomic mass is 16.1. The van der Waals surface area contributed by atoms with Crippen molar-refractivity contribution >= 4 is 6.29 Å². The maximum Gasteiger partial charge on any atom is 0.120 e. The van der Waals surface area contributed by atoms with Crippen molar-refractivity contribution < 1.29 is 4.79 Å². The molecule has 0 saturated carbocycles. The van der Waals surface area contributed by atoms with Crippen molar-refractivity contribution in [1.29, 1.82) is 0 Å². The van der Waals surface area contributed by atoms with Crippen LogP contribution in [0.15, 0.2) is 0 Å². The molecule has 0 aliphatic heterocycles. The summed E-state index contributed by atoms with van der Waals surface area (Å²) in [7, 11) is 0. The monoisotopic (exact) mass is 209 g/mol. The molecule has 0 aliphatic rings. The first kappa shape index (κ1) is 11.9. The number of nitrogens with zero attached hydrogens (tertiary/aromatic N) is 3. The largest absolute Gasteiger partial charge is 0.303 e. The second-order valence-electron chi connectivity index (χ2n) is 4.81. The molecular weight excluding hydrogens is 190 g/mol. The van der Waals surface area contributed by atoms with Crippen LogP contribution in [0, 0.1) is 6.92 Å². The van der Waals surface area contributed by atoms with E-state index in [-0.39, 0.29) is 5.41 Å². The van der Waals surface area contributed by atoms with E-state index in [2.05, 4.69) is 31.1 Å². The molecule has 4 heteroatoms. The van der Waals surface area contributed by atoms with Crippen LogP contribution in [0.1, 0.15) is 45.0 Å². The molecule has 1 aromatic rings. The fraction of sp³-hybridized carbons (Fsp3) is 0.727. The van der Waals surface area contributed by atoms with Gasteiger partial charge in [0.05, 0.1) is 11.4 Å². The number of aryl methyl sites for hydroxylation is 1. The van der Waals surface area contributed by atoms with Crippen LogP contribution >= 0.6 is 0 Å². The molecule has 4 nitrogen and oxygen atoms in total. The molecule has 0 amide bonds. The van der Waals surface area contributed by atoms with Crippen LogP contribution in [-0.2, 0) is 16.8 Å². The van der Waals surface area contributed by atoms with Crippen LogP contribution in [-0.4, -0.2) is 21.3 Å².